The second-order valence-corrected chi connectivity index (χ2v) is 8.41. The Morgan fingerprint density at radius 2 is 2.22 bits per heavy atom. The lowest BCUT2D eigenvalue weighted by Gasteiger charge is -2.30. The van der Waals surface area contributed by atoms with E-state index >= 15 is 0 Å². The number of nitrogens with zero attached hydrogens (tertiary/aromatic N) is 1. The molecule has 1 aromatic heterocycles. The Bertz CT molecular complexity index is 386. The van der Waals surface area contributed by atoms with Crippen LogP contribution in [0, 0.1) is 5.92 Å². The van der Waals surface area contributed by atoms with Crippen molar-refractivity contribution in [3.63, 3.8) is 0 Å². The third-order valence-corrected chi connectivity index (χ3v) is 6.97. The minimum absolute atomic E-state index is 0.560. The molecule has 1 aromatic rings. The Kier molecular flexibility index (Phi) is 5.29. The van der Waals surface area contributed by atoms with Crippen molar-refractivity contribution in [1.29, 1.82) is 0 Å². The van der Waals surface area contributed by atoms with Crippen molar-refractivity contribution in [3.05, 3.63) is 19.2 Å². The SMILES string of the molecule is CNCC1CCN(C(C)C)C1c1cc(Br)c(Br)s1. The van der Waals surface area contributed by atoms with Crippen molar-refractivity contribution >= 4 is 43.2 Å². The number of halogens is 2. The summed E-state index contributed by atoms with van der Waals surface area (Å²) in [4.78, 5) is 4.10. The van der Waals surface area contributed by atoms with E-state index in [1.165, 1.54) is 26.1 Å². The lowest BCUT2D eigenvalue weighted by molar-refractivity contribution is 0.185. The maximum atomic E-state index is 3.62. The predicted octanol–water partition coefficient (Wildman–Crippen LogP) is 4.26. The highest BCUT2D eigenvalue weighted by Crippen LogP contribution is 2.44. The van der Waals surface area contributed by atoms with Gasteiger partial charge in [-0.05, 0) is 84.2 Å². The van der Waals surface area contributed by atoms with E-state index in [1.54, 1.807) is 0 Å². The van der Waals surface area contributed by atoms with Gasteiger partial charge in [0.25, 0.3) is 0 Å². The van der Waals surface area contributed by atoms with Crippen LogP contribution in [0.1, 0.15) is 31.2 Å². The van der Waals surface area contributed by atoms with Crippen LogP contribution in [0.3, 0.4) is 0 Å². The van der Waals surface area contributed by atoms with Crippen LogP contribution >= 0.6 is 43.2 Å². The van der Waals surface area contributed by atoms with Crippen molar-refractivity contribution in [2.45, 2.75) is 32.4 Å². The van der Waals surface area contributed by atoms with Gasteiger partial charge in [0, 0.05) is 21.4 Å². The van der Waals surface area contributed by atoms with Crippen molar-refractivity contribution in [2.75, 3.05) is 20.1 Å². The highest BCUT2D eigenvalue weighted by Gasteiger charge is 2.37. The first-order valence-corrected chi connectivity index (χ1v) is 8.80. The van der Waals surface area contributed by atoms with Crippen molar-refractivity contribution in [3.8, 4) is 0 Å². The summed E-state index contributed by atoms with van der Waals surface area (Å²) in [6, 6.07) is 3.45. The van der Waals surface area contributed by atoms with E-state index in [2.05, 4.69) is 69.0 Å². The summed E-state index contributed by atoms with van der Waals surface area (Å²) in [5, 5.41) is 3.34. The molecule has 0 aliphatic carbocycles. The van der Waals surface area contributed by atoms with Gasteiger partial charge in [-0.25, -0.2) is 0 Å². The Morgan fingerprint density at radius 1 is 1.50 bits per heavy atom. The molecule has 2 unspecified atom stereocenters. The zero-order valence-electron chi connectivity index (χ0n) is 11.0. The van der Waals surface area contributed by atoms with Crippen LogP contribution in [0.4, 0.5) is 0 Å². The molecule has 0 aromatic carbocycles. The topological polar surface area (TPSA) is 15.3 Å². The smallest absolute Gasteiger partial charge is 0.0843 e. The molecule has 2 nitrogen and oxygen atoms in total. The Balaban J connectivity index is 2.28. The Labute approximate surface area is 130 Å². The van der Waals surface area contributed by atoms with Gasteiger partial charge in [-0.2, -0.15) is 0 Å². The van der Waals surface area contributed by atoms with Crippen molar-refractivity contribution in [1.82, 2.24) is 10.2 Å². The molecule has 2 rings (SSSR count). The minimum Gasteiger partial charge on any atom is -0.319 e. The lowest BCUT2D eigenvalue weighted by Crippen LogP contribution is -2.33. The first kappa shape index (κ1) is 15.0. The number of likely N-dealkylation sites (tertiary alicyclic amines) is 1. The first-order valence-electron chi connectivity index (χ1n) is 6.39. The summed E-state index contributed by atoms with van der Waals surface area (Å²) in [5.74, 6) is 0.717. The summed E-state index contributed by atoms with van der Waals surface area (Å²) in [6.45, 7) is 6.90. The van der Waals surface area contributed by atoms with Gasteiger partial charge >= 0.3 is 0 Å². The summed E-state index contributed by atoms with van der Waals surface area (Å²) < 4.78 is 2.39. The van der Waals surface area contributed by atoms with E-state index in [0.717, 1.165) is 12.5 Å². The second-order valence-electron chi connectivity index (χ2n) is 5.15. The number of rotatable bonds is 4. The molecule has 1 N–H and O–H groups in total. The molecule has 2 heterocycles. The van der Waals surface area contributed by atoms with Gasteiger partial charge in [-0.1, -0.05) is 0 Å². The third-order valence-electron chi connectivity index (χ3n) is 3.65. The largest absolute Gasteiger partial charge is 0.319 e. The average Bonchev–Trinajstić information content (AvgIpc) is 2.84. The van der Waals surface area contributed by atoms with Crippen molar-refractivity contribution < 1.29 is 0 Å². The van der Waals surface area contributed by atoms with Crippen LogP contribution in [0.5, 0.6) is 0 Å². The molecule has 0 spiro atoms. The van der Waals surface area contributed by atoms with E-state index in [4.69, 9.17) is 0 Å². The predicted molar refractivity (Wildman–Crippen MR) is 86.3 cm³/mol. The van der Waals surface area contributed by atoms with Crippen LogP contribution in [0.2, 0.25) is 0 Å². The van der Waals surface area contributed by atoms with Gasteiger partial charge in [0.2, 0.25) is 0 Å². The molecule has 5 heteroatoms. The number of nitrogens with one attached hydrogen (secondary N) is 1. The first-order chi connectivity index (χ1) is 8.54. The molecule has 1 saturated heterocycles. The van der Waals surface area contributed by atoms with E-state index in [0.29, 0.717) is 12.1 Å². The van der Waals surface area contributed by atoms with Crippen LogP contribution in [0.25, 0.3) is 0 Å². The minimum atomic E-state index is 0.560. The van der Waals surface area contributed by atoms with Gasteiger partial charge in [0.1, 0.15) is 0 Å². The molecular formula is C13H20Br2N2S. The monoisotopic (exact) mass is 394 g/mol. The molecule has 0 saturated carbocycles. The summed E-state index contributed by atoms with van der Waals surface area (Å²) >= 11 is 9.09. The fourth-order valence-electron chi connectivity index (χ4n) is 2.84. The Hall–Kier alpha value is 0.580. The molecule has 0 amide bonds. The summed E-state index contributed by atoms with van der Waals surface area (Å²) in [5.41, 5.74) is 0. The fraction of sp³-hybridized carbons (Fsp3) is 0.692. The molecule has 1 fully saturated rings. The lowest BCUT2D eigenvalue weighted by atomic mass is 9.98. The number of thiophene rings is 1. The fourth-order valence-corrected chi connectivity index (χ4v) is 5.15. The normalized spacial score (nSPS) is 25.2. The zero-order chi connectivity index (χ0) is 13.3. The van der Waals surface area contributed by atoms with Gasteiger partial charge < -0.3 is 5.32 Å². The van der Waals surface area contributed by atoms with Crippen molar-refractivity contribution in [2.24, 2.45) is 5.92 Å². The average molecular weight is 396 g/mol. The van der Waals surface area contributed by atoms with Crippen LogP contribution in [-0.2, 0) is 0 Å². The highest BCUT2D eigenvalue weighted by molar-refractivity contribution is 9.13. The summed E-state index contributed by atoms with van der Waals surface area (Å²) in [7, 11) is 2.05. The van der Waals surface area contributed by atoms with Crippen LogP contribution in [-0.4, -0.2) is 31.1 Å². The van der Waals surface area contributed by atoms with Crippen LogP contribution in [0.15, 0.2) is 14.3 Å². The molecular weight excluding hydrogens is 376 g/mol. The van der Waals surface area contributed by atoms with Crippen LogP contribution < -0.4 is 5.32 Å². The number of hydrogen-bond acceptors (Lipinski definition) is 3. The molecule has 102 valence electrons. The highest BCUT2D eigenvalue weighted by atomic mass is 79.9. The summed E-state index contributed by atoms with van der Waals surface area (Å²) in [6.07, 6.45) is 1.29. The van der Waals surface area contributed by atoms with Gasteiger partial charge in [0.15, 0.2) is 0 Å². The van der Waals surface area contributed by atoms with Gasteiger partial charge in [0.05, 0.1) is 3.79 Å². The maximum absolute atomic E-state index is 3.62. The van der Waals surface area contributed by atoms with E-state index in [-0.39, 0.29) is 0 Å². The zero-order valence-corrected chi connectivity index (χ0v) is 15.0. The van der Waals surface area contributed by atoms with E-state index in [9.17, 15) is 0 Å². The molecule has 1 aliphatic heterocycles. The second kappa shape index (κ2) is 6.35. The van der Waals surface area contributed by atoms with E-state index < -0.39 is 0 Å². The van der Waals surface area contributed by atoms with Gasteiger partial charge in [-0.15, -0.1) is 11.3 Å². The third kappa shape index (κ3) is 3.01. The van der Waals surface area contributed by atoms with Gasteiger partial charge in [-0.3, -0.25) is 4.90 Å². The standard InChI is InChI=1S/C13H20Br2N2S/c1-8(2)17-5-4-9(7-16-3)12(17)11-6-10(14)13(15)18-11/h6,8-9,12,16H,4-5,7H2,1-3H3. The quantitative estimate of drug-likeness (QED) is 0.818. The molecule has 0 radical (unpaired) electrons. The molecule has 18 heavy (non-hydrogen) atoms. The molecule has 0 bridgehead atoms. The molecule has 1 aliphatic rings. The maximum Gasteiger partial charge on any atom is 0.0843 e. The Morgan fingerprint density at radius 3 is 2.72 bits per heavy atom. The van der Waals surface area contributed by atoms with E-state index in [1.807, 2.05) is 11.3 Å². The molecule has 2 atom stereocenters. The number of hydrogen-bond donors (Lipinski definition) is 1.